The zero-order valence-corrected chi connectivity index (χ0v) is 26.2. The first-order valence-corrected chi connectivity index (χ1v) is 15.2. The Bertz CT molecular complexity index is 1820. The number of aliphatic imine (C=N–C) groups is 2. The number of ether oxygens (including phenoxy) is 2. The van der Waals surface area contributed by atoms with E-state index in [0.717, 1.165) is 70.8 Å². The molecular weight excluding hydrogens is 582 g/mol. The number of aryl methyl sites for hydroxylation is 3. The van der Waals surface area contributed by atoms with E-state index in [4.69, 9.17) is 25.3 Å². The van der Waals surface area contributed by atoms with Gasteiger partial charge in [0.1, 0.15) is 5.75 Å². The molecule has 0 saturated carbocycles. The van der Waals surface area contributed by atoms with Crippen LogP contribution in [0.1, 0.15) is 27.2 Å². The lowest BCUT2D eigenvalue weighted by atomic mass is 9.91. The van der Waals surface area contributed by atoms with Gasteiger partial charge >= 0.3 is 0 Å². The number of amides is 1. The molecule has 1 aliphatic carbocycles. The fourth-order valence-corrected chi connectivity index (χ4v) is 5.77. The highest BCUT2D eigenvalue weighted by Crippen LogP contribution is 2.40. The Morgan fingerprint density at radius 1 is 1.13 bits per heavy atom. The molecule has 0 atom stereocenters. The predicted octanol–water partition coefficient (Wildman–Crippen LogP) is 3.94. The minimum Gasteiger partial charge on any atom is -0.495 e. The third-order valence-electron chi connectivity index (χ3n) is 8.14. The average Bonchev–Trinajstić information content (AvgIpc) is 3.44. The standard InChI is InChI=1S/C34H37N9O3/c1-36-20-26(19-35)22-4-6-23(7-5-22)32-30-28(41-42(32)2)11-9-25-21-38-34(40-31(25)30)39-27-10-8-24(18-29(27)45-3)33(44)37-12-13-43-14-16-46-17-15-43/h4-8,10,12,18-21H,9,11,13-17,35H2,1-3H3,(H,38,39,40). The molecule has 2 aromatic carbocycles. The highest BCUT2D eigenvalue weighted by atomic mass is 16.5. The van der Waals surface area contributed by atoms with E-state index < -0.39 is 0 Å². The number of carbonyl (C=O) groups is 1. The predicted molar refractivity (Wildman–Crippen MR) is 180 cm³/mol. The van der Waals surface area contributed by atoms with Gasteiger partial charge in [0.2, 0.25) is 5.95 Å². The van der Waals surface area contributed by atoms with Crippen molar-refractivity contribution in [2.75, 3.05) is 52.3 Å². The second-order valence-corrected chi connectivity index (χ2v) is 11.0. The summed E-state index contributed by atoms with van der Waals surface area (Å²) in [5.74, 6) is 0.563. The Morgan fingerprint density at radius 3 is 2.65 bits per heavy atom. The average molecular weight is 620 g/mol. The van der Waals surface area contributed by atoms with Gasteiger partial charge in [0.25, 0.3) is 5.91 Å². The Balaban J connectivity index is 1.25. The quantitative estimate of drug-likeness (QED) is 0.266. The third kappa shape index (κ3) is 6.44. The number of nitrogens with zero attached hydrogens (tertiary/aromatic N) is 7. The molecule has 12 heteroatoms. The van der Waals surface area contributed by atoms with Crippen molar-refractivity contribution in [3.63, 3.8) is 0 Å². The highest BCUT2D eigenvalue weighted by Gasteiger charge is 2.27. The number of rotatable bonds is 9. The Kier molecular flexibility index (Phi) is 9.27. The molecule has 12 nitrogen and oxygen atoms in total. The van der Waals surface area contributed by atoms with Crippen molar-refractivity contribution < 1.29 is 14.3 Å². The molecule has 1 fully saturated rings. The van der Waals surface area contributed by atoms with Crippen LogP contribution in [0.3, 0.4) is 0 Å². The van der Waals surface area contributed by atoms with Gasteiger partial charge in [-0.1, -0.05) is 24.3 Å². The van der Waals surface area contributed by atoms with Crippen LogP contribution in [-0.4, -0.2) is 90.0 Å². The minimum absolute atomic E-state index is 0.332. The summed E-state index contributed by atoms with van der Waals surface area (Å²) in [6, 6.07) is 13.4. The molecule has 46 heavy (non-hydrogen) atoms. The number of benzene rings is 2. The smallest absolute Gasteiger partial charge is 0.276 e. The molecule has 6 rings (SSSR count). The van der Waals surface area contributed by atoms with Gasteiger partial charge < -0.3 is 20.5 Å². The first kappa shape index (κ1) is 30.8. The fourth-order valence-electron chi connectivity index (χ4n) is 5.77. The first-order chi connectivity index (χ1) is 22.5. The van der Waals surface area contributed by atoms with Gasteiger partial charge in [0.05, 0.1) is 43.1 Å². The van der Waals surface area contributed by atoms with E-state index in [1.54, 1.807) is 51.0 Å². The molecule has 0 radical (unpaired) electrons. The van der Waals surface area contributed by atoms with E-state index in [-0.39, 0.29) is 5.91 Å². The maximum absolute atomic E-state index is 12.8. The van der Waals surface area contributed by atoms with Gasteiger partial charge in [0.15, 0.2) is 0 Å². The van der Waals surface area contributed by atoms with Crippen LogP contribution in [0.25, 0.3) is 28.1 Å². The lowest BCUT2D eigenvalue weighted by Gasteiger charge is -2.24. The molecule has 2 aliphatic rings. The number of aromatic nitrogens is 4. The zero-order valence-electron chi connectivity index (χ0n) is 26.2. The summed E-state index contributed by atoms with van der Waals surface area (Å²) < 4.78 is 12.9. The van der Waals surface area contributed by atoms with E-state index in [1.807, 2.05) is 30.1 Å². The van der Waals surface area contributed by atoms with Crippen molar-refractivity contribution in [3.05, 3.63) is 77.2 Å². The van der Waals surface area contributed by atoms with E-state index in [0.29, 0.717) is 42.7 Å². The van der Waals surface area contributed by atoms with Crippen molar-refractivity contribution in [3.8, 4) is 28.3 Å². The lowest BCUT2D eigenvalue weighted by molar-refractivity contribution is 0.0457. The maximum Gasteiger partial charge on any atom is 0.276 e. The summed E-state index contributed by atoms with van der Waals surface area (Å²) in [5.41, 5.74) is 14.6. The van der Waals surface area contributed by atoms with Crippen LogP contribution < -0.4 is 15.8 Å². The number of fused-ring (bicyclic) bond motifs is 3. The zero-order chi connectivity index (χ0) is 32.0. The largest absolute Gasteiger partial charge is 0.495 e. The molecule has 236 valence electrons. The second kappa shape index (κ2) is 13.8. The second-order valence-electron chi connectivity index (χ2n) is 11.0. The number of morpholine rings is 1. The number of nitrogens with two attached hydrogens (primary N) is 1. The highest BCUT2D eigenvalue weighted by molar-refractivity contribution is 6.09. The van der Waals surface area contributed by atoms with Crippen LogP contribution >= 0.6 is 0 Å². The summed E-state index contributed by atoms with van der Waals surface area (Å²) in [7, 11) is 5.24. The third-order valence-corrected chi connectivity index (χ3v) is 8.14. The molecule has 0 bridgehead atoms. The molecule has 1 saturated heterocycles. The number of hydrogen-bond donors (Lipinski definition) is 2. The van der Waals surface area contributed by atoms with E-state index in [1.165, 1.54) is 0 Å². The van der Waals surface area contributed by atoms with Crippen molar-refractivity contribution in [2.45, 2.75) is 12.8 Å². The van der Waals surface area contributed by atoms with Gasteiger partial charge in [-0.2, -0.15) is 5.10 Å². The van der Waals surface area contributed by atoms with Crippen molar-refractivity contribution in [1.29, 1.82) is 0 Å². The summed E-state index contributed by atoms with van der Waals surface area (Å²) in [4.78, 5) is 32.8. The number of allylic oxidation sites excluding steroid dienone is 1. The topological polar surface area (TPSA) is 145 Å². The number of nitrogens with one attached hydrogen (secondary N) is 1. The Labute approximate surface area is 267 Å². The van der Waals surface area contributed by atoms with Gasteiger partial charge in [-0.25, -0.2) is 15.0 Å². The van der Waals surface area contributed by atoms with Crippen molar-refractivity contribution in [1.82, 2.24) is 24.6 Å². The van der Waals surface area contributed by atoms with E-state index >= 15 is 0 Å². The Morgan fingerprint density at radius 2 is 1.91 bits per heavy atom. The Hall–Kier alpha value is -5.20. The van der Waals surface area contributed by atoms with Gasteiger partial charge in [0, 0.05) is 80.8 Å². The molecule has 3 heterocycles. The number of hydrogen-bond acceptors (Lipinski definition) is 10. The van der Waals surface area contributed by atoms with Gasteiger partial charge in [-0.15, -0.1) is 0 Å². The fraction of sp³-hybridized carbons (Fsp3) is 0.294. The number of carbonyl (C=O) groups excluding carboxylic acids is 1. The molecule has 1 amide bonds. The molecule has 0 unspecified atom stereocenters. The van der Waals surface area contributed by atoms with Crippen LogP contribution in [-0.2, 0) is 24.6 Å². The summed E-state index contributed by atoms with van der Waals surface area (Å²) in [5, 5.41) is 8.14. The van der Waals surface area contributed by atoms with Crippen molar-refractivity contribution >= 4 is 35.5 Å². The number of methoxy groups -OCH3 is 1. The SMILES string of the molecule is CN=CC(=CN)c1ccc(-c2c3c(nn2C)CCc2cnc(Nc4ccc(C(=O)N=CCN5CCOCC5)cc4OC)nc2-3)cc1. The minimum atomic E-state index is -0.332. The summed E-state index contributed by atoms with van der Waals surface area (Å²) >= 11 is 0. The van der Waals surface area contributed by atoms with Crippen LogP contribution in [0.15, 0.2) is 64.8 Å². The summed E-state index contributed by atoms with van der Waals surface area (Å²) in [6.07, 6.45) is 8.41. The molecule has 2 aromatic heterocycles. The summed E-state index contributed by atoms with van der Waals surface area (Å²) in [6.45, 7) is 3.67. The normalized spacial score (nSPS) is 15.2. The van der Waals surface area contributed by atoms with Crippen molar-refractivity contribution in [2.24, 2.45) is 22.8 Å². The molecule has 1 aliphatic heterocycles. The van der Waals surface area contributed by atoms with Crippen LogP contribution in [0.5, 0.6) is 5.75 Å². The lowest BCUT2D eigenvalue weighted by Crippen LogP contribution is -2.37. The van der Waals surface area contributed by atoms with Gasteiger partial charge in [-0.3, -0.25) is 19.4 Å². The molecule has 0 spiro atoms. The molecule has 4 aromatic rings. The van der Waals surface area contributed by atoms with E-state index in [9.17, 15) is 4.79 Å². The van der Waals surface area contributed by atoms with Crippen LogP contribution in [0, 0.1) is 0 Å². The van der Waals surface area contributed by atoms with Crippen LogP contribution in [0.4, 0.5) is 11.6 Å². The molecular formula is C34H37N9O3. The van der Waals surface area contributed by atoms with Gasteiger partial charge in [-0.05, 0) is 42.2 Å². The first-order valence-electron chi connectivity index (χ1n) is 15.2. The van der Waals surface area contributed by atoms with E-state index in [2.05, 4.69) is 37.3 Å². The maximum atomic E-state index is 12.8. The van der Waals surface area contributed by atoms with Crippen LogP contribution in [0.2, 0.25) is 0 Å². The molecule has 3 N–H and O–H groups in total. The number of anilines is 2. The monoisotopic (exact) mass is 619 g/mol.